The van der Waals surface area contributed by atoms with Crippen LogP contribution in [-0.4, -0.2) is 19.1 Å². The molecule has 1 fully saturated rings. The molecule has 1 saturated carbocycles. The van der Waals surface area contributed by atoms with Crippen LogP contribution in [0.2, 0.25) is 0 Å². The summed E-state index contributed by atoms with van der Waals surface area (Å²) in [5.74, 6) is 1.03. The summed E-state index contributed by atoms with van der Waals surface area (Å²) in [7, 11) is 0. The lowest BCUT2D eigenvalue weighted by Crippen LogP contribution is -2.18. The number of carbonyl (C=O) groups excluding carboxylic acids is 1. The topological polar surface area (TPSA) is 110 Å². The fourth-order valence-electron chi connectivity index (χ4n) is 3.63. The first-order valence-corrected chi connectivity index (χ1v) is 8.96. The summed E-state index contributed by atoms with van der Waals surface area (Å²) in [5.41, 5.74) is 15.4. The number of hydrogen-bond acceptors (Lipinski definition) is 4. The minimum atomic E-state index is -0.551. The van der Waals surface area contributed by atoms with Gasteiger partial charge >= 0.3 is 0 Å². The van der Waals surface area contributed by atoms with Gasteiger partial charge in [0.2, 0.25) is 0 Å². The largest absolute Gasteiger partial charge is 0.493 e. The van der Waals surface area contributed by atoms with E-state index in [1.54, 1.807) is 12.1 Å². The van der Waals surface area contributed by atoms with E-state index in [1.807, 2.05) is 0 Å². The van der Waals surface area contributed by atoms with Crippen molar-refractivity contribution in [1.29, 1.82) is 0 Å². The van der Waals surface area contributed by atoms with E-state index in [2.05, 4.69) is 10.0 Å². The molecule has 1 amide bonds. The average molecular weight is 344 g/mol. The number of hydrogen-bond donors (Lipinski definition) is 1. The summed E-state index contributed by atoms with van der Waals surface area (Å²) in [4.78, 5) is 14.8. The Morgan fingerprint density at radius 1 is 1.28 bits per heavy atom. The molecule has 25 heavy (non-hydrogen) atoms. The third-order valence-electron chi connectivity index (χ3n) is 5.01. The van der Waals surface area contributed by atoms with E-state index in [1.165, 1.54) is 19.3 Å². The Bertz CT molecular complexity index is 679. The van der Waals surface area contributed by atoms with Gasteiger partial charge in [-0.15, -0.1) is 0 Å². The third-order valence-corrected chi connectivity index (χ3v) is 5.01. The first kappa shape index (κ1) is 17.4. The van der Waals surface area contributed by atoms with Crippen molar-refractivity contribution in [3.8, 4) is 11.5 Å². The van der Waals surface area contributed by atoms with Crippen LogP contribution in [0.3, 0.4) is 0 Å². The Balaban J connectivity index is 1.88. The zero-order chi connectivity index (χ0) is 17.6. The molecule has 1 aliphatic heterocycles. The van der Waals surface area contributed by atoms with Gasteiger partial charge in [-0.2, -0.15) is 0 Å². The Morgan fingerprint density at radius 2 is 2.08 bits per heavy atom. The molecule has 1 heterocycles. The van der Waals surface area contributed by atoms with Crippen LogP contribution in [0.15, 0.2) is 17.2 Å². The van der Waals surface area contributed by atoms with Gasteiger partial charge < -0.3 is 15.2 Å². The predicted octanol–water partition coefficient (Wildman–Crippen LogP) is 4.27. The Morgan fingerprint density at radius 3 is 2.80 bits per heavy atom. The van der Waals surface area contributed by atoms with Gasteiger partial charge in [-0.3, -0.25) is 4.79 Å². The first-order valence-electron chi connectivity index (χ1n) is 8.96. The lowest BCUT2D eigenvalue weighted by atomic mass is 9.90. The number of ether oxygens (including phenoxy) is 2. The second-order valence-electron chi connectivity index (χ2n) is 6.78. The lowest BCUT2D eigenvalue weighted by molar-refractivity contribution is 0.0994. The molecule has 0 spiro atoms. The van der Waals surface area contributed by atoms with Gasteiger partial charge in [-0.25, -0.2) is 0 Å². The summed E-state index contributed by atoms with van der Waals surface area (Å²) in [6.45, 7) is 1.13. The number of fused-ring (bicyclic) bond motifs is 1. The van der Waals surface area contributed by atoms with E-state index in [0.29, 0.717) is 48.2 Å². The molecule has 2 N–H and O–H groups in total. The van der Waals surface area contributed by atoms with Crippen molar-refractivity contribution in [2.75, 3.05) is 13.2 Å². The summed E-state index contributed by atoms with van der Waals surface area (Å²) in [6, 6.07) is 3.04. The van der Waals surface area contributed by atoms with Gasteiger partial charge in [0.1, 0.15) is 11.5 Å². The maximum atomic E-state index is 11.9. The zero-order valence-electron chi connectivity index (χ0n) is 14.3. The van der Waals surface area contributed by atoms with E-state index in [-0.39, 0.29) is 6.04 Å². The van der Waals surface area contributed by atoms with E-state index in [9.17, 15) is 4.79 Å². The molecule has 1 aromatic carbocycles. The van der Waals surface area contributed by atoms with Crippen LogP contribution in [0.1, 0.15) is 66.9 Å². The zero-order valence-corrected chi connectivity index (χ0v) is 14.3. The first-order chi connectivity index (χ1) is 12.2. The second kappa shape index (κ2) is 8.12. The van der Waals surface area contributed by atoms with E-state index in [4.69, 9.17) is 20.7 Å². The van der Waals surface area contributed by atoms with Gasteiger partial charge in [-0.05, 0) is 43.2 Å². The summed E-state index contributed by atoms with van der Waals surface area (Å²) >= 11 is 0. The van der Waals surface area contributed by atoms with Crippen LogP contribution in [0.4, 0.5) is 0 Å². The van der Waals surface area contributed by atoms with Gasteiger partial charge in [0.05, 0.1) is 24.8 Å². The van der Waals surface area contributed by atoms with Gasteiger partial charge in [-0.1, -0.05) is 24.4 Å². The normalized spacial score (nSPS) is 20.6. The van der Waals surface area contributed by atoms with E-state index in [0.717, 1.165) is 19.3 Å². The van der Waals surface area contributed by atoms with Crippen molar-refractivity contribution in [1.82, 2.24) is 0 Å². The molecule has 2 aliphatic rings. The summed E-state index contributed by atoms with van der Waals surface area (Å²) in [5, 5.41) is 3.84. The number of primary amides is 1. The molecule has 1 aromatic rings. The standard InChI is InChI=1S/C18H24N4O3/c19-18(23)14-9-13-15(21-22-20)7-4-8-24-16(13)10-17(14)25-11-12-5-2-1-3-6-12/h9-10,12,15H,1-8,11H2,(H2,19,23). The van der Waals surface area contributed by atoms with Crippen LogP contribution in [0, 0.1) is 5.92 Å². The van der Waals surface area contributed by atoms with Crippen LogP contribution in [0.5, 0.6) is 11.5 Å². The smallest absolute Gasteiger partial charge is 0.252 e. The van der Waals surface area contributed by atoms with Crippen molar-refractivity contribution >= 4 is 5.91 Å². The van der Waals surface area contributed by atoms with Crippen LogP contribution >= 0.6 is 0 Å². The maximum Gasteiger partial charge on any atom is 0.252 e. The highest BCUT2D eigenvalue weighted by atomic mass is 16.5. The molecule has 0 bridgehead atoms. The molecule has 0 aromatic heterocycles. The molecular formula is C18H24N4O3. The molecule has 134 valence electrons. The highest BCUT2D eigenvalue weighted by Crippen LogP contribution is 2.39. The highest BCUT2D eigenvalue weighted by Gasteiger charge is 2.24. The van der Waals surface area contributed by atoms with Crippen molar-refractivity contribution in [3.05, 3.63) is 33.7 Å². The number of nitrogens with zero attached hydrogens (tertiary/aromatic N) is 3. The lowest BCUT2D eigenvalue weighted by Gasteiger charge is -2.23. The maximum absolute atomic E-state index is 11.9. The predicted molar refractivity (Wildman–Crippen MR) is 93.6 cm³/mol. The number of azide groups is 1. The van der Waals surface area contributed by atoms with E-state index < -0.39 is 5.91 Å². The fraction of sp³-hybridized carbons (Fsp3) is 0.611. The molecule has 1 unspecified atom stereocenters. The Kier molecular flexibility index (Phi) is 5.66. The number of benzene rings is 1. The van der Waals surface area contributed by atoms with Crippen molar-refractivity contribution < 1.29 is 14.3 Å². The van der Waals surface area contributed by atoms with Gasteiger partial charge in [0.15, 0.2) is 0 Å². The number of amides is 1. The molecule has 3 rings (SSSR count). The number of carbonyl (C=O) groups is 1. The molecule has 7 heteroatoms. The Hall–Kier alpha value is -2.40. The second-order valence-corrected chi connectivity index (χ2v) is 6.78. The fourth-order valence-corrected chi connectivity index (χ4v) is 3.63. The van der Waals surface area contributed by atoms with Gasteiger partial charge in [0, 0.05) is 16.5 Å². The number of rotatable bonds is 5. The molecule has 1 atom stereocenters. The summed E-state index contributed by atoms with van der Waals surface area (Å²) in [6.07, 6.45) is 7.53. The van der Waals surface area contributed by atoms with Crippen LogP contribution in [0.25, 0.3) is 10.4 Å². The monoisotopic (exact) mass is 344 g/mol. The van der Waals surface area contributed by atoms with Gasteiger partial charge in [0.25, 0.3) is 5.91 Å². The quantitative estimate of drug-likeness (QED) is 0.489. The van der Waals surface area contributed by atoms with Crippen LogP contribution < -0.4 is 15.2 Å². The molecule has 1 aliphatic carbocycles. The molecule has 0 saturated heterocycles. The summed E-state index contributed by atoms with van der Waals surface area (Å²) < 4.78 is 11.7. The number of nitrogens with two attached hydrogens (primary N) is 1. The molecular weight excluding hydrogens is 320 g/mol. The van der Waals surface area contributed by atoms with Crippen LogP contribution in [-0.2, 0) is 0 Å². The average Bonchev–Trinajstić information content (AvgIpc) is 2.82. The Labute approximate surface area is 147 Å². The SMILES string of the molecule is [N-]=[N+]=NC1CCCOc2cc(OCC3CCCCC3)c(C(N)=O)cc21. The van der Waals surface area contributed by atoms with E-state index >= 15 is 0 Å². The molecule has 7 nitrogen and oxygen atoms in total. The minimum absolute atomic E-state index is 0.318. The van der Waals surface area contributed by atoms with Crippen molar-refractivity contribution in [2.24, 2.45) is 16.8 Å². The minimum Gasteiger partial charge on any atom is -0.493 e. The molecule has 0 radical (unpaired) electrons. The highest BCUT2D eigenvalue weighted by molar-refractivity contribution is 5.96. The van der Waals surface area contributed by atoms with Crippen molar-refractivity contribution in [2.45, 2.75) is 51.0 Å². The third kappa shape index (κ3) is 4.17. The van der Waals surface area contributed by atoms with Crippen molar-refractivity contribution in [3.63, 3.8) is 0 Å².